The van der Waals surface area contributed by atoms with Crippen LogP contribution in [0.4, 0.5) is 6.01 Å². The van der Waals surface area contributed by atoms with Gasteiger partial charge in [0, 0.05) is 11.6 Å². The Morgan fingerprint density at radius 1 is 1.25 bits per heavy atom. The van der Waals surface area contributed by atoms with Crippen LogP contribution in [0.2, 0.25) is 0 Å². The number of rotatable bonds is 3. The molecule has 3 rings (SSSR count). The molecule has 4 heteroatoms. The molecule has 0 aliphatic heterocycles. The largest absolute Gasteiger partial charge is 0.490 e. The van der Waals surface area contributed by atoms with Crippen molar-refractivity contribution in [3.8, 4) is 17.2 Å². The third-order valence-corrected chi connectivity index (χ3v) is 2.55. The molecule has 16 heavy (non-hydrogen) atoms. The van der Waals surface area contributed by atoms with Gasteiger partial charge in [-0.15, -0.1) is 0 Å². The van der Waals surface area contributed by atoms with E-state index in [4.69, 9.17) is 4.42 Å². The lowest BCUT2D eigenvalue weighted by Crippen LogP contribution is -2.00. The van der Waals surface area contributed by atoms with E-state index in [1.54, 1.807) is 0 Å². The van der Waals surface area contributed by atoms with Gasteiger partial charge in [0.1, 0.15) is 0 Å². The molecule has 1 aromatic carbocycles. The van der Waals surface area contributed by atoms with Crippen LogP contribution in [-0.4, -0.2) is 16.1 Å². The highest BCUT2D eigenvalue weighted by atomic mass is 16.4. The molecular formula is C12H12N2O2. The van der Waals surface area contributed by atoms with Gasteiger partial charge in [-0.2, -0.15) is 4.98 Å². The summed E-state index contributed by atoms with van der Waals surface area (Å²) >= 11 is 0. The average Bonchev–Trinajstić information content (AvgIpc) is 3.03. The number of oxazole rings is 1. The third kappa shape index (κ3) is 1.74. The lowest BCUT2D eigenvalue weighted by molar-refractivity contribution is 0.453. The predicted octanol–water partition coefficient (Wildman–Crippen LogP) is 2.62. The summed E-state index contributed by atoms with van der Waals surface area (Å²) < 4.78 is 5.48. The molecule has 2 N–H and O–H groups in total. The second kappa shape index (κ2) is 3.56. The Kier molecular flexibility index (Phi) is 2.06. The molecule has 4 nitrogen and oxygen atoms in total. The summed E-state index contributed by atoms with van der Waals surface area (Å²) in [7, 11) is 0. The molecule has 0 saturated heterocycles. The lowest BCUT2D eigenvalue weighted by atomic mass is 10.2. The molecule has 1 fully saturated rings. The number of aromatic nitrogens is 1. The normalized spacial score (nSPS) is 15.0. The van der Waals surface area contributed by atoms with Gasteiger partial charge in [0.05, 0.1) is 0 Å². The Balaban J connectivity index is 1.91. The van der Waals surface area contributed by atoms with Gasteiger partial charge < -0.3 is 14.8 Å². The summed E-state index contributed by atoms with van der Waals surface area (Å²) in [6, 6.07) is 10.3. The molecule has 0 atom stereocenters. The first-order valence-corrected chi connectivity index (χ1v) is 5.34. The van der Waals surface area contributed by atoms with Crippen molar-refractivity contribution in [1.82, 2.24) is 4.98 Å². The lowest BCUT2D eigenvalue weighted by Gasteiger charge is -1.96. The SMILES string of the molecule is Oc1nc(NC2CC2)oc1-c1ccccc1. The molecule has 1 aromatic heterocycles. The van der Waals surface area contributed by atoms with Crippen LogP contribution in [0, 0.1) is 0 Å². The quantitative estimate of drug-likeness (QED) is 0.828. The van der Waals surface area contributed by atoms with Crippen LogP contribution in [-0.2, 0) is 0 Å². The van der Waals surface area contributed by atoms with E-state index in [-0.39, 0.29) is 5.88 Å². The zero-order valence-corrected chi connectivity index (χ0v) is 8.68. The van der Waals surface area contributed by atoms with Gasteiger partial charge in [-0.3, -0.25) is 0 Å². The summed E-state index contributed by atoms with van der Waals surface area (Å²) in [6.07, 6.45) is 2.29. The van der Waals surface area contributed by atoms with Crippen LogP contribution < -0.4 is 5.32 Å². The van der Waals surface area contributed by atoms with Crippen LogP contribution in [0.3, 0.4) is 0 Å². The average molecular weight is 216 g/mol. The molecule has 0 radical (unpaired) electrons. The van der Waals surface area contributed by atoms with Gasteiger partial charge in [-0.1, -0.05) is 30.3 Å². The second-order valence-electron chi connectivity index (χ2n) is 3.96. The van der Waals surface area contributed by atoms with E-state index in [0.717, 1.165) is 18.4 Å². The van der Waals surface area contributed by atoms with Crippen LogP contribution in [0.5, 0.6) is 5.88 Å². The Morgan fingerprint density at radius 3 is 2.69 bits per heavy atom. The molecule has 0 amide bonds. The maximum Gasteiger partial charge on any atom is 0.298 e. The van der Waals surface area contributed by atoms with Crippen LogP contribution in [0.15, 0.2) is 34.7 Å². The zero-order valence-electron chi connectivity index (χ0n) is 8.68. The van der Waals surface area contributed by atoms with Gasteiger partial charge in [-0.25, -0.2) is 0 Å². The fourth-order valence-corrected chi connectivity index (χ4v) is 1.55. The summed E-state index contributed by atoms with van der Waals surface area (Å²) in [5.41, 5.74) is 0.830. The minimum Gasteiger partial charge on any atom is -0.490 e. The Hall–Kier alpha value is -1.97. The van der Waals surface area contributed by atoms with Gasteiger partial charge in [-0.05, 0) is 12.8 Å². The number of anilines is 1. The molecule has 1 aliphatic carbocycles. The van der Waals surface area contributed by atoms with E-state index in [9.17, 15) is 5.11 Å². The van der Waals surface area contributed by atoms with Crippen molar-refractivity contribution in [3.05, 3.63) is 30.3 Å². The third-order valence-electron chi connectivity index (χ3n) is 2.55. The summed E-state index contributed by atoms with van der Waals surface area (Å²) in [5, 5.41) is 12.8. The van der Waals surface area contributed by atoms with E-state index in [1.807, 2.05) is 30.3 Å². The smallest absolute Gasteiger partial charge is 0.298 e. The van der Waals surface area contributed by atoms with Crippen molar-refractivity contribution in [1.29, 1.82) is 0 Å². The summed E-state index contributed by atoms with van der Waals surface area (Å²) in [4.78, 5) is 3.94. The second-order valence-corrected chi connectivity index (χ2v) is 3.96. The molecule has 1 aliphatic rings. The van der Waals surface area contributed by atoms with Gasteiger partial charge in [0.15, 0.2) is 5.76 Å². The molecule has 0 spiro atoms. The first kappa shape index (κ1) is 9.27. The monoisotopic (exact) mass is 216 g/mol. The van der Waals surface area contributed by atoms with E-state index >= 15 is 0 Å². The van der Waals surface area contributed by atoms with E-state index in [0.29, 0.717) is 17.8 Å². The molecule has 1 saturated carbocycles. The van der Waals surface area contributed by atoms with Crippen LogP contribution in [0.1, 0.15) is 12.8 Å². The number of nitrogens with zero attached hydrogens (tertiary/aromatic N) is 1. The Morgan fingerprint density at radius 2 is 2.00 bits per heavy atom. The molecular weight excluding hydrogens is 204 g/mol. The molecule has 0 bridgehead atoms. The van der Waals surface area contributed by atoms with Crippen molar-refractivity contribution in [2.75, 3.05) is 5.32 Å². The standard InChI is InChI=1S/C12H12N2O2/c15-11-10(8-4-2-1-3-5-8)16-12(14-11)13-9-6-7-9/h1-5,9,15H,6-7H2,(H,13,14). The van der Waals surface area contributed by atoms with Crippen molar-refractivity contribution < 1.29 is 9.52 Å². The van der Waals surface area contributed by atoms with E-state index in [1.165, 1.54) is 0 Å². The predicted molar refractivity (Wildman–Crippen MR) is 60.2 cm³/mol. The highest BCUT2D eigenvalue weighted by Crippen LogP contribution is 2.33. The fourth-order valence-electron chi connectivity index (χ4n) is 1.55. The van der Waals surface area contributed by atoms with E-state index < -0.39 is 0 Å². The number of hydrogen-bond donors (Lipinski definition) is 2. The highest BCUT2D eigenvalue weighted by molar-refractivity contribution is 5.63. The Bertz CT molecular complexity index is 489. The first-order valence-electron chi connectivity index (χ1n) is 5.34. The topological polar surface area (TPSA) is 58.3 Å². The van der Waals surface area contributed by atoms with Crippen molar-refractivity contribution in [2.45, 2.75) is 18.9 Å². The number of hydrogen-bond acceptors (Lipinski definition) is 4. The first-order chi connectivity index (χ1) is 7.83. The zero-order chi connectivity index (χ0) is 11.0. The summed E-state index contributed by atoms with van der Waals surface area (Å²) in [6.45, 7) is 0. The minimum absolute atomic E-state index is 0.0608. The van der Waals surface area contributed by atoms with Gasteiger partial charge in [0.2, 0.25) is 0 Å². The van der Waals surface area contributed by atoms with Crippen molar-refractivity contribution in [2.24, 2.45) is 0 Å². The number of aromatic hydroxyl groups is 1. The minimum atomic E-state index is -0.0608. The Labute approximate surface area is 92.9 Å². The summed E-state index contributed by atoms with van der Waals surface area (Å²) in [5.74, 6) is 0.359. The highest BCUT2D eigenvalue weighted by Gasteiger charge is 2.24. The molecule has 82 valence electrons. The van der Waals surface area contributed by atoms with Crippen LogP contribution in [0.25, 0.3) is 11.3 Å². The molecule has 0 unspecified atom stereocenters. The van der Waals surface area contributed by atoms with Crippen molar-refractivity contribution in [3.63, 3.8) is 0 Å². The number of benzene rings is 1. The van der Waals surface area contributed by atoms with Gasteiger partial charge >= 0.3 is 0 Å². The van der Waals surface area contributed by atoms with Crippen molar-refractivity contribution >= 4 is 6.01 Å². The maximum atomic E-state index is 9.67. The van der Waals surface area contributed by atoms with E-state index in [2.05, 4.69) is 10.3 Å². The molecule has 1 heterocycles. The maximum absolute atomic E-state index is 9.67. The molecule has 2 aromatic rings. The van der Waals surface area contributed by atoms with Gasteiger partial charge in [0.25, 0.3) is 11.9 Å². The number of nitrogens with one attached hydrogen (secondary N) is 1. The van der Waals surface area contributed by atoms with Crippen LogP contribution >= 0.6 is 0 Å². The fraction of sp³-hybridized carbons (Fsp3) is 0.250.